The van der Waals surface area contributed by atoms with Gasteiger partial charge in [-0.1, -0.05) is 18.5 Å². The number of hydrogen-bond acceptors (Lipinski definition) is 2. The Bertz CT molecular complexity index is 510. The summed E-state index contributed by atoms with van der Waals surface area (Å²) < 4.78 is 13.7. The van der Waals surface area contributed by atoms with Gasteiger partial charge in [-0.25, -0.2) is 9.18 Å². The van der Waals surface area contributed by atoms with Crippen LogP contribution in [0.5, 0.6) is 0 Å². The second-order valence-electron chi connectivity index (χ2n) is 5.55. The Morgan fingerprint density at radius 2 is 2.14 bits per heavy atom. The minimum absolute atomic E-state index is 0.0810. The van der Waals surface area contributed by atoms with Gasteiger partial charge in [0.1, 0.15) is 5.82 Å². The minimum atomic E-state index is -0.550. The molecule has 1 aromatic carbocycles. The summed E-state index contributed by atoms with van der Waals surface area (Å²) >= 11 is 5.68. The van der Waals surface area contributed by atoms with Crippen LogP contribution in [0.2, 0.25) is 5.02 Å². The van der Waals surface area contributed by atoms with E-state index in [1.165, 1.54) is 18.2 Å². The number of hydrogen-bond donors (Lipinski definition) is 2. The monoisotopic (exact) mass is 314 g/mol. The highest BCUT2D eigenvalue weighted by atomic mass is 35.5. The van der Waals surface area contributed by atoms with Crippen LogP contribution in [0, 0.1) is 11.2 Å². The fourth-order valence-electron chi connectivity index (χ4n) is 2.59. The van der Waals surface area contributed by atoms with Crippen LogP contribution in [-0.2, 0) is 0 Å². The quantitative estimate of drug-likeness (QED) is 0.897. The Morgan fingerprint density at radius 3 is 2.67 bits per heavy atom. The topological polar surface area (TPSA) is 52.6 Å². The molecule has 6 heteroatoms. The second-order valence-corrected chi connectivity index (χ2v) is 5.99. The summed E-state index contributed by atoms with van der Waals surface area (Å²) in [4.78, 5) is 13.8. The molecular formula is C15H20ClFN2O2. The number of piperidine rings is 1. The number of benzene rings is 1. The molecule has 2 N–H and O–H groups in total. The summed E-state index contributed by atoms with van der Waals surface area (Å²) in [5.74, 6) is -0.550. The zero-order valence-corrected chi connectivity index (χ0v) is 12.8. The molecular weight excluding hydrogens is 295 g/mol. The molecule has 1 heterocycles. The lowest BCUT2D eigenvalue weighted by Gasteiger charge is -2.40. The standard InChI is InChI=1S/C15H20ClFN2O2/c1-2-15(10-20)5-7-19(8-6-15)14(21)18-13-4-3-11(16)9-12(13)17/h3-4,9,20H,2,5-8,10H2,1H3,(H,18,21). The number of aliphatic hydroxyl groups excluding tert-OH is 1. The Hall–Kier alpha value is -1.33. The highest BCUT2D eigenvalue weighted by Crippen LogP contribution is 2.34. The molecule has 1 fully saturated rings. The average Bonchev–Trinajstić information content (AvgIpc) is 2.50. The van der Waals surface area contributed by atoms with E-state index < -0.39 is 5.82 Å². The number of nitrogens with zero attached hydrogens (tertiary/aromatic N) is 1. The molecule has 1 saturated heterocycles. The number of likely N-dealkylation sites (tertiary alicyclic amines) is 1. The average molecular weight is 315 g/mol. The highest BCUT2D eigenvalue weighted by Gasteiger charge is 2.33. The van der Waals surface area contributed by atoms with Crippen molar-refractivity contribution >= 4 is 23.3 Å². The van der Waals surface area contributed by atoms with Gasteiger partial charge in [0.15, 0.2) is 0 Å². The summed E-state index contributed by atoms with van der Waals surface area (Å²) in [6.07, 6.45) is 2.41. The molecule has 2 amide bonds. The first-order valence-corrected chi connectivity index (χ1v) is 7.49. The van der Waals surface area contributed by atoms with Crippen molar-refractivity contribution in [2.45, 2.75) is 26.2 Å². The lowest BCUT2D eigenvalue weighted by molar-refractivity contribution is 0.0542. The molecule has 1 aliphatic rings. The zero-order valence-electron chi connectivity index (χ0n) is 12.0. The minimum Gasteiger partial charge on any atom is -0.396 e. The number of halogens is 2. The van der Waals surface area contributed by atoms with Crippen LogP contribution in [0.25, 0.3) is 0 Å². The molecule has 0 bridgehead atoms. The number of urea groups is 1. The van der Waals surface area contributed by atoms with E-state index in [9.17, 15) is 14.3 Å². The fraction of sp³-hybridized carbons (Fsp3) is 0.533. The normalized spacial score (nSPS) is 17.6. The third kappa shape index (κ3) is 3.66. The maximum atomic E-state index is 13.7. The summed E-state index contributed by atoms with van der Waals surface area (Å²) in [5.41, 5.74) is 0.0429. The Morgan fingerprint density at radius 1 is 1.48 bits per heavy atom. The van der Waals surface area contributed by atoms with Gasteiger partial charge in [0, 0.05) is 24.7 Å². The van der Waals surface area contributed by atoms with Crippen molar-refractivity contribution < 1.29 is 14.3 Å². The third-order valence-corrected chi connectivity index (χ3v) is 4.60. The van der Waals surface area contributed by atoms with E-state index >= 15 is 0 Å². The van der Waals surface area contributed by atoms with Crippen molar-refractivity contribution in [3.05, 3.63) is 29.0 Å². The van der Waals surface area contributed by atoms with Crippen molar-refractivity contribution in [2.24, 2.45) is 5.41 Å². The number of anilines is 1. The lowest BCUT2D eigenvalue weighted by atomic mass is 9.77. The van der Waals surface area contributed by atoms with E-state index in [-0.39, 0.29) is 23.7 Å². The van der Waals surface area contributed by atoms with E-state index in [2.05, 4.69) is 12.2 Å². The van der Waals surface area contributed by atoms with Gasteiger partial charge >= 0.3 is 6.03 Å². The summed E-state index contributed by atoms with van der Waals surface area (Å²) in [7, 11) is 0. The summed E-state index contributed by atoms with van der Waals surface area (Å²) in [6.45, 7) is 3.32. The molecule has 0 aliphatic carbocycles. The first kappa shape index (κ1) is 16.0. The number of rotatable bonds is 3. The smallest absolute Gasteiger partial charge is 0.321 e. The van der Waals surface area contributed by atoms with Crippen LogP contribution in [0.15, 0.2) is 18.2 Å². The first-order valence-electron chi connectivity index (χ1n) is 7.11. The van der Waals surface area contributed by atoms with Gasteiger partial charge in [-0.15, -0.1) is 0 Å². The van der Waals surface area contributed by atoms with Gasteiger partial charge in [-0.2, -0.15) is 0 Å². The van der Waals surface area contributed by atoms with Gasteiger partial charge in [-0.05, 0) is 42.9 Å². The molecule has 1 aliphatic heterocycles. The van der Waals surface area contributed by atoms with Crippen LogP contribution in [0.3, 0.4) is 0 Å². The molecule has 4 nitrogen and oxygen atoms in total. The number of amides is 2. The first-order chi connectivity index (χ1) is 9.99. The Balaban J connectivity index is 1.96. The predicted octanol–water partition coefficient (Wildman–Crippen LogP) is 3.50. The molecule has 0 atom stereocenters. The lowest BCUT2D eigenvalue weighted by Crippen LogP contribution is -2.46. The number of carbonyl (C=O) groups excluding carboxylic acids is 1. The number of aliphatic hydroxyl groups is 1. The molecule has 0 radical (unpaired) electrons. The SMILES string of the molecule is CCC1(CO)CCN(C(=O)Nc2ccc(Cl)cc2F)CC1. The van der Waals surface area contributed by atoms with E-state index in [1.807, 2.05) is 0 Å². The van der Waals surface area contributed by atoms with Crippen molar-refractivity contribution in [1.82, 2.24) is 4.90 Å². The van der Waals surface area contributed by atoms with Gasteiger partial charge in [0.05, 0.1) is 5.69 Å². The fourth-order valence-corrected chi connectivity index (χ4v) is 2.75. The number of nitrogens with one attached hydrogen (secondary N) is 1. The van der Waals surface area contributed by atoms with E-state index in [1.54, 1.807) is 4.90 Å². The van der Waals surface area contributed by atoms with Gasteiger partial charge in [-0.3, -0.25) is 0 Å². The maximum absolute atomic E-state index is 13.7. The molecule has 116 valence electrons. The van der Waals surface area contributed by atoms with Crippen LogP contribution < -0.4 is 5.32 Å². The van der Waals surface area contributed by atoms with Crippen LogP contribution in [-0.4, -0.2) is 35.7 Å². The highest BCUT2D eigenvalue weighted by molar-refractivity contribution is 6.30. The zero-order chi connectivity index (χ0) is 15.5. The summed E-state index contributed by atoms with van der Waals surface area (Å²) in [6, 6.07) is 3.83. The van der Waals surface area contributed by atoms with Gasteiger partial charge in [0.25, 0.3) is 0 Å². The van der Waals surface area contributed by atoms with Gasteiger partial charge < -0.3 is 15.3 Å². The molecule has 0 aromatic heterocycles. The van der Waals surface area contributed by atoms with Crippen molar-refractivity contribution in [2.75, 3.05) is 25.0 Å². The van der Waals surface area contributed by atoms with E-state index in [0.717, 1.165) is 19.3 Å². The van der Waals surface area contributed by atoms with E-state index in [0.29, 0.717) is 18.1 Å². The molecule has 1 aromatic rings. The predicted molar refractivity (Wildman–Crippen MR) is 81.0 cm³/mol. The third-order valence-electron chi connectivity index (χ3n) is 4.37. The summed E-state index contributed by atoms with van der Waals surface area (Å²) in [5, 5.41) is 12.3. The van der Waals surface area contributed by atoms with Crippen LogP contribution in [0.4, 0.5) is 14.9 Å². The van der Waals surface area contributed by atoms with Crippen molar-refractivity contribution in [3.8, 4) is 0 Å². The molecule has 2 rings (SSSR count). The Kier molecular flexibility index (Phi) is 5.06. The van der Waals surface area contributed by atoms with E-state index in [4.69, 9.17) is 11.6 Å². The van der Waals surface area contributed by atoms with Crippen molar-refractivity contribution in [3.63, 3.8) is 0 Å². The van der Waals surface area contributed by atoms with Crippen LogP contribution >= 0.6 is 11.6 Å². The van der Waals surface area contributed by atoms with Crippen LogP contribution in [0.1, 0.15) is 26.2 Å². The van der Waals surface area contributed by atoms with Crippen molar-refractivity contribution in [1.29, 1.82) is 0 Å². The molecule has 0 unspecified atom stereocenters. The molecule has 0 saturated carbocycles. The van der Waals surface area contributed by atoms with Gasteiger partial charge in [0.2, 0.25) is 0 Å². The maximum Gasteiger partial charge on any atom is 0.321 e. The molecule has 0 spiro atoms. The second kappa shape index (κ2) is 6.62. The molecule has 21 heavy (non-hydrogen) atoms. The largest absolute Gasteiger partial charge is 0.396 e. The number of carbonyl (C=O) groups is 1. The Labute approximate surface area is 128 Å².